The number of hydrogen-bond acceptors (Lipinski definition) is 4. The molecule has 0 aromatic carbocycles. The zero-order chi connectivity index (χ0) is 18.8. The summed E-state index contributed by atoms with van der Waals surface area (Å²) >= 11 is 0. The van der Waals surface area contributed by atoms with Crippen LogP contribution in [-0.2, 0) is 16.0 Å². The highest BCUT2D eigenvalue weighted by Crippen LogP contribution is 2.17. The lowest BCUT2D eigenvalue weighted by Gasteiger charge is -2.21. The molecule has 0 radical (unpaired) electrons. The zero-order valence-corrected chi connectivity index (χ0v) is 16.2. The number of amides is 2. The van der Waals surface area contributed by atoms with E-state index < -0.39 is 0 Å². The Kier molecular flexibility index (Phi) is 8.58. The van der Waals surface area contributed by atoms with E-state index in [0.29, 0.717) is 19.0 Å². The molecular weight excluding hydrogens is 330 g/mol. The van der Waals surface area contributed by atoms with Crippen LogP contribution >= 0.6 is 0 Å². The van der Waals surface area contributed by atoms with Gasteiger partial charge >= 0.3 is 0 Å². The van der Waals surface area contributed by atoms with Crippen molar-refractivity contribution in [3.05, 3.63) is 12.2 Å². The fourth-order valence-electron chi connectivity index (χ4n) is 3.41. The molecule has 0 spiro atoms. The molecule has 1 fully saturated rings. The Hall–Kier alpha value is -1.92. The van der Waals surface area contributed by atoms with Crippen LogP contribution in [0.4, 0.5) is 0 Å². The Bertz CT molecular complexity index is 562. The van der Waals surface area contributed by atoms with Crippen LogP contribution in [0.15, 0.2) is 6.33 Å². The minimum atomic E-state index is -0.0894. The molecule has 0 bridgehead atoms. The molecule has 2 rings (SSSR count). The SMILES string of the molecule is CC(C)n1cnnc1CCNC(=O)CCC(=O)NC1CCCCCCC1. The van der Waals surface area contributed by atoms with Crippen LogP contribution in [0.3, 0.4) is 0 Å². The zero-order valence-electron chi connectivity index (χ0n) is 16.2. The van der Waals surface area contributed by atoms with Crippen LogP contribution in [-0.4, -0.2) is 39.2 Å². The van der Waals surface area contributed by atoms with Crippen molar-refractivity contribution >= 4 is 11.8 Å². The van der Waals surface area contributed by atoms with Crippen LogP contribution in [0, 0.1) is 0 Å². The summed E-state index contributed by atoms with van der Waals surface area (Å²) in [5, 5.41) is 14.0. The minimum absolute atomic E-state index is 0.00901. The molecule has 1 aromatic rings. The van der Waals surface area contributed by atoms with E-state index >= 15 is 0 Å². The molecule has 1 heterocycles. The molecule has 146 valence electrons. The fraction of sp³-hybridized carbons (Fsp3) is 0.789. The number of aromatic nitrogens is 3. The lowest BCUT2D eigenvalue weighted by molar-refractivity contribution is -0.126. The number of hydrogen-bond donors (Lipinski definition) is 2. The number of nitrogens with one attached hydrogen (secondary N) is 2. The molecular formula is C19H33N5O2. The molecule has 0 atom stereocenters. The van der Waals surface area contributed by atoms with Crippen LogP contribution in [0.1, 0.15) is 83.5 Å². The molecule has 1 aliphatic rings. The van der Waals surface area contributed by atoms with Crippen LogP contribution < -0.4 is 10.6 Å². The first kappa shape index (κ1) is 20.4. The first-order valence-corrected chi connectivity index (χ1v) is 10.0. The number of rotatable bonds is 8. The highest BCUT2D eigenvalue weighted by Gasteiger charge is 2.15. The Morgan fingerprint density at radius 1 is 1.12 bits per heavy atom. The van der Waals surface area contributed by atoms with Crippen LogP contribution in [0.25, 0.3) is 0 Å². The van der Waals surface area contributed by atoms with Crippen molar-refractivity contribution in [2.75, 3.05) is 6.54 Å². The number of nitrogens with zero attached hydrogens (tertiary/aromatic N) is 3. The molecule has 1 aliphatic carbocycles. The normalized spacial score (nSPS) is 16.1. The predicted molar refractivity (Wildman–Crippen MR) is 101 cm³/mol. The predicted octanol–water partition coefficient (Wildman–Crippen LogP) is 2.53. The highest BCUT2D eigenvalue weighted by molar-refractivity contribution is 5.83. The van der Waals surface area contributed by atoms with Gasteiger partial charge in [-0.1, -0.05) is 32.1 Å². The smallest absolute Gasteiger partial charge is 0.220 e. The van der Waals surface area contributed by atoms with Gasteiger partial charge in [-0.15, -0.1) is 10.2 Å². The van der Waals surface area contributed by atoms with Crippen molar-refractivity contribution in [3.63, 3.8) is 0 Å². The summed E-state index contributed by atoms with van der Waals surface area (Å²) in [7, 11) is 0. The van der Waals surface area contributed by atoms with Gasteiger partial charge in [-0.3, -0.25) is 9.59 Å². The standard InChI is InChI=1S/C19H33N5O2/c1-15(2)24-14-21-23-17(24)12-13-20-18(25)10-11-19(26)22-16-8-6-4-3-5-7-9-16/h14-16H,3-13H2,1-2H3,(H,20,25)(H,22,26). The summed E-state index contributed by atoms with van der Waals surface area (Å²) in [6, 6.07) is 0.584. The van der Waals surface area contributed by atoms with Crippen molar-refractivity contribution in [2.24, 2.45) is 0 Å². The largest absolute Gasteiger partial charge is 0.356 e. The third-order valence-electron chi connectivity index (χ3n) is 4.92. The van der Waals surface area contributed by atoms with E-state index in [1.165, 1.54) is 32.1 Å². The maximum Gasteiger partial charge on any atom is 0.220 e. The summed E-state index contributed by atoms with van der Waals surface area (Å²) in [6.07, 6.45) is 11.2. The molecule has 7 heteroatoms. The first-order chi connectivity index (χ1) is 12.6. The molecule has 0 unspecified atom stereocenters. The van der Waals surface area contributed by atoms with Gasteiger partial charge in [0.2, 0.25) is 11.8 Å². The lowest BCUT2D eigenvalue weighted by Crippen LogP contribution is -2.36. The Morgan fingerprint density at radius 3 is 2.46 bits per heavy atom. The average molecular weight is 364 g/mol. The van der Waals surface area contributed by atoms with Crippen molar-refractivity contribution < 1.29 is 9.59 Å². The number of carbonyl (C=O) groups is 2. The van der Waals surface area contributed by atoms with E-state index in [2.05, 4.69) is 34.7 Å². The average Bonchev–Trinajstić information content (AvgIpc) is 3.04. The van der Waals surface area contributed by atoms with Crippen molar-refractivity contribution in [1.29, 1.82) is 0 Å². The maximum absolute atomic E-state index is 12.1. The van der Waals surface area contributed by atoms with Gasteiger partial charge < -0.3 is 15.2 Å². The van der Waals surface area contributed by atoms with Crippen molar-refractivity contribution in [3.8, 4) is 0 Å². The highest BCUT2D eigenvalue weighted by atomic mass is 16.2. The molecule has 0 aliphatic heterocycles. The van der Waals surface area contributed by atoms with Crippen molar-refractivity contribution in [1.82, 2.24) is 25.4 Å². The van der Waals surface area contributed by atoms with Gasteiger partial charge in [-0.05, 0) is 26.7 Å². The minimum Gasteiger partial charge on any atom is -0.356 e. The molecule has 0 saturated heterocycles. The summed E-state index contributed by atoms with van der Waals surface area (Å²) in [5.41, 5.74) is 0. The van der Waals surface area contributed by atoms with E-state index in [1.54, 1.807) is 6.33 Å². The Morgan fingerprint density at radius 2 is 1.77 bits per heavy atom. The second kappa shape index (κ2) is 10.9. The second-order valence-corrected chi connectivity index (χ2v) is 7.46. The molecule has 7 nitrogen and oxygen atoms in total. The first-order valence-electron chi connectivity index (χ1n) is 10.0. The van der Waals surface area contributed by atoms with Crippen LogP contribution in [0.2, 0.25) is 0 Å². The summed E-state index contributed by atoms with van der Waals surface area (Å²) in [5.74, 6) is 0.765. The van der Waals surface area contributed by atoms with Gasteiger partial charge in [0.1, 0.15) is 12.2 Å². The summed E-state index contributed by atoms with van der Waals surface area (Å²) in [4.78, 5) is 24.0. The summed E-state index contributed by atoms with van der Waals surface area (Å²) < 4.78 is 1.99. The topological polar surface area (TPSA) is 88.9 Å². The molecule has 2 N–H and O–H groups in total. The molecule has 26 heavy (non-hydrogen) atoms. The monoisotopic (exact) mass is 363 g/mol. The van der Waals surface area contributed by atoms with E-state index in [9.17, 15) is 9.59 Å². The number of carbonyl (C=O) groups excluding carboxylic acids is 2. The van der Waals surface area contributed by atoms with E-state index in [0.717, 1.165) is 18.7 Å². The quantitative estimate of drug-likeness (QED) is 0.743. The van der Waals surface area contributed by atoms with Crippen LogP contribution in [0.5, 0.6) is 0 Å². The Labute approximate surface area is 156 Å². The van der Waals surface area contributed by atoms with Crippen molar-refractivity contribution in [2.45, 2.75) is 90.1 Å². The third-order valence-corrected chi connectivity index (χ3v) is 4.92. The molecule has 1 saturated carbocycles. The van der Waals surface area contributed by atoms with Gasteiger partial charge in [-0.25, -0.2) is 0 Å². The Balaban J connectivity index is 1.61. The fourth-order valence-corrected chi connectivity index (χ4v) is 3.41. The molecule has 2 amide bonds. The maximum atomic E-state index is 12.1. The third kappa shape index (κ3) is 7.14. The molecule has 1 aromatic heterocycles. The van der Waals surface area contributed by atoms with E-state index in [1.807, 2.05) is 4.57 Å². The van der Waals surface area contributed by atoms with E-state index in [4.69, 9.17) is 0 Å². The second-order valence-electron chi connectivity index (χ2n) is 7.46. The summed E-state index contributed by atoms with van der Waals surface area (Å²) in [6.45, 7) is 4.65. The van der Waals surface area contributed by atoms with Gasteiger partial charge in [-0.2, -0.15) is 0 Å². The van der Waals surface area contributed by atoms with Gasteiger partial charge in [0.25, 0.3) is 0 Å². The van der Waals surface area contributed by atoms with Gasteiger partial charge in [0.15, 0.2) is 0 Å². The van der Waals surface area contributed by atoms with E-state index in [-0.39, 0.29) is 30.7 Å². The van der Waals surface area contributed by atoms with Gasteiger partial charge in [0, 0.05) is 37.9 Å². The lowest BCUT2D eigenvalue weighted by atomic mass is 9.96. The van der Waals surface area contributed by atoms with Gasteiger partial charge in [0.05, 0.1) is 0 Å².